The molecule has 0 aromatic heterocycles. The van der Waals surface area contributed by atoms with Gasteiger partial charge in [-0.3, -0.25) is 14.9 Å². The fraction of sp³-hybridized carbons (Fsp3) is 0.222. The van der Waals surface area contributed by atoms with Gasteiger partial charge in [0.15, 0.2) is 0 Å². The minimum Gasteiger partial charge on any atom is -0.335 e. The van der Waals surface area contributed by atoms with E-state index in [-0.39, 0.29) is 23.2 Å². The number of nitro groups is 1. The Morgan fingerprint density at radius 3 is 2.23 bits per heavy atom. The number of benzene rings is 2. The van der Waals surface area contributed by atoms with Gasteiger partial charge in [-0.05, 0) is 18.2 Å². The highest BCUT2D eigenvalue weighted by molar-refractivity contribution is 5.95. The van der Waals surface area contributed by atoms with E-state index in [1.165, 1.54) is 18.2 Å². The molecule has 0 spiro atoms. The summed E-state index contributed by atoms with van der Waals surface area (Å²) < 4.78 is 0. The van der Waals surface area contributed by atoms with Gasteiger partial charge in [0.1, 0.15) is 0 Å². The van der Waals surface area contributed by atoms with E-state index in [0.29, 0.717) is 31.9 Å². The van der Waals surface area contributed by atoms with Crippen molar-refractivity contribution in [2.45, 2.75) is 0 Å². The van der Waals surface area contributed by atoms with Crippen molar-refractivity contribution >= 4 is 23.3 Å². The molecule has 2 aromatic carbocycles. The van der Waals surface area contributed by atoms with Crippen molar-refractivity contribution in [1.82, 2.24) is 9.80 Å². The lowest BCUT2D eigenvalue weighted by atomic mass is 10.1. The molecule has 26 heavy (non-hydrogen) atoms. The van der Waals surface area contributed by atoms with Gasteiger partial charge >= 0.3 is 6.03 Å². The Balaban J connectivity index is 1.58. The lowest BCUT2D eigenvalue weighted by Crippen LogP contribution is -2.51. The van der Waals surface area contributed by atoms with Gasteiger partial charge < -0.3 is 15.1 Å². The number of amides is 3. The molecule has 0 atom stereocenters. The quantitative estimate of drug-likeness (QED) is 0.677. The van der Waals surface area contributed by atoms with Crippen LogP contribution in [0.15, 0.2) is 54.6 Å². The number of rotatable bonds is 3. The molecule has 3 rings (SSSR count). The number of hydrogen-bond donors (Lipinski definition) is 1. The second-order valence-electron chi connectivity index (χ2n) is 5.88. The molecule has 134 valence electrons. The number of nitrogens with one attached hydrogen (secondary N) is 1. The van der Waals surface area contributed by atoms with Crippen molar-refractivity contribution in [1.29, 1.82) is 0 Å². The Morgan fingerprint density at radius 2 is 1.58 bits per heavy atom. The number of non-ortho nitro benzene ring substituents is 1. The number of hydrogen-bond acceptors (Lipinski definition) is 4. The summed E-state index contributed by atoms with van der Waals surface area (Å²) in [5.74, 6) is -0.267. The normalized spacial score (nSPS) is 14.0. The van der Waals surface area contributed by atoms with Crippen LogP contribution in [0.3, 0.4) is 0 Å². The zero-order valence-corrected chi connectivity index (χ0v) is 14.0. The summed E-state index contributed by atoms with van der Waals surface area (Å²) in [7, 11) is 0. The smallest absolute Gasteiger partial charge is 0.321 e. The molecule has 2 aromatic rings. The maximum Gasteiger partial charge on any atom is 0.321 e. The first kappa shape index (κ1) is 17.4. The van der Waals surface area contributed by atoms with Gasteiger partial charge in [0.2, 0.25) is 0 Å². The van der Waals surface area contributed by atoms with E-state index in [1.54, 1.807) is 28.0 Å². The third kappa shape index (κ3) is 3.97. The van der Waals surface area contributed by atoms with E-state index in [0.717, 1.165) is 0 Å². The molecular formula is C18H18N4O4. The van der Waals surface area contributed by atoms with Crippen molar-refractivity contribution in [3.05, 3.63) is 70.3 Å². The SMILES string of the molecule is O=C(Nc1ccccc1)N1CCN(C(=O)c2cccc([N+](=O)[O-])c2)CC1. The van der Waals surface area contributed by atoms with Gasteiger partial charge in [0.25, 0.3) is 11.6 Å². The van der Waals surface area contributed by atoms with Crippen LogP contribution in [0, 0.1) is 10.1 Å². The first-order valence-electron chi connectivity index (χ1n) is 8.19. The van der Waals surface area contributed by atoms with E-state index in [1.807, 2.05) is 18.2 Å². The number of carbonyl (C=O) groups is 2. The standard InChI is InChI=1S/C18H18N4O4/c23-17(14-5-4-8-16(13-14)22(25)26)20-9-11-21(12-10-20)18(24)19-15-6-2-1-3-7-15/h1-8,13H,9-12H2,(H,19,24). The third-order valence-electron chi connectivity index (χ3n) is 4.18. The maximum atomic E-state index is 12.5. The molecule has 0 saturated carbocycles. The molecule has 8 heteroatoms. The molecule has 0 aliphatic carbocycles. The van der Waals surface area contributed by atoms with E-state index in [9.17, 15) is 19.7 Å². The summed E-state index contributed by atoms with van der Waals surface area (Å²) in [6, 6.07) is 14.6. The summed E-state index contributed by atoms with van der Waals surface area (Å²) in [6.07, 6.45) is 0. The van der Waals surface area contributed by atoms with Gasteiger partial charge in [-0.15, -0.1) is 0 Å². The second kappa shape index (κ2) is 7.64. The molecule has 0 bridgehead atoms. The maximum absolute atomic E-state index is 12.5. The number of nitro benzene ring substituents is 1. The van der Waals surface area contributed by atoms with Crippen molar-refractivity contribution < 1.29 is 14.5 Å². The second-order valence-corrected chi connectivity index (χ2v) is 5.88. The highest BCUT2D eigenvalue weighted by Crippen LogP contribution is 2.16. The predicted molar refractivity (Wildman–Crippen MR) is 96.0 cm³/mol. The molecule has 1 aliphatic heterocycles. The predicted octanol–water partition coefficient (Wildman–Crippen LogP) is 2.58. The number of nitrogens with zero attached hydrogens (tertiary/aromatic N) is 3. The van der Waals surface area contributed by atoms with Gasteiger partial charge in [0, 0.05) is 49.6 Å². The minimum absolute atomic E-state index is 0.114. The lowest BCUT2D eigenvalue weighted by Gasteiger charge is -2.34. The van der Waals surface area contributed by atoms with Gasteiger partial charge in [-0.2, -0.15) is 0 Å². The highest BCUT2D eigenvalue weighted by Gasteiger charge is 2.25. The summed E-state index contributed by atoms with van der Waals surface area (Å²) in [6.45, 7) is 1.56. The van der Waals surface area contributed by atoms with Gasteiger partial charge in [-0.25, -0.2) is 4.79 Å². The van der Waals surface area contributed by atoms with E-state index >= 15 is 0 Å². The molecule has 1 fully saturated rings. The summed E-state index contributed by atoms with van der Waals surface area (Å²) in [5, 5.41) is 13.7. The average Bonchev–Trinajstić information content (AvgIpc) is 2.68. The Labute approximate surface area is 150 Å². The summed E-state index contributed by atoms with van der Waals surface area (Å²) in [5.41, 5.74) is 0.880. The summed E-state index contributed by atoms with van der Waals surface area (Å²) >= 11 is 0. The van der Waals surface area contributed by atoms with Crippen LogP contribution in [0.4, 0.5) is 16.2 Å². The Hall–Kier alpha value is -3.42. The molecule has 1 aliphatic rings. The van der Waals surface area contributed by atoms with Crippen molar-refractivity contribution in [2.75, 3.05) is 31.5 Å². The first-order valence-corrected chi connectivity index (χ1v) is 8.19. The number of anilines is 1. The molecule has 1 saturated heterocycles. The van der Waals surface area contributed by atoms with Gasteiger partial charge in [-0.1, -0.05) is 24.3 Å². The van der Waals surface area contributed by atoms with Crippen LogP contribution in [-0.2, 0) is 0 Å². The van der Waals surface area contributed by atoms with Crippen LogP contribution in [0.5, 0.6) is 0 Å². The van der Waals surface area contributed by atoms with Crippen LogP contribution in [-0.4, -0.2) is 52.8 Å². The Kier molecular flexibility index (Phi) is 5.12. The van der Waals surface area contributed by atoms with Crippen LogP contribution >= 0.6 is 0 Å². The molecule has 1 N–H and O–H groups in total. The number of urea groups is 1. The number of para-hydroxylation sites is 1. The number of carbonyl (C=O) groups excluding carboxylic acids is 2. The van der Waals surface area contributed by atoms with Crippen LogP contribution < -0.4 is 5.32 Å². The minimum atomic E-state index is -0.525. The fourth-order valence-corrected chi connectivity index (χ4v) is 2.77. The van der Waals surface area contributed by atoms with Crippen molar-refractivity contribution in [2.24, 2.45) is 0 Å². The van der Waals surface area contributed by atoms with Gasteiger partial charge in [0.05, 0.1) is 4.92 Å². The monoisotopic (exact) mass is 354 g/mol. The van der Waals surface area contributed by atoms with Crippen LogP contribution in [0.25, 0.3) is 0 Å². The zero-order chi connectivity index (χ0) is 18.5. The van der Waals surface area contributed by atoms with Crippen molar-refractivity contribution in [3.8, 4) is 0 Å². The molecule has 3 amide bonds. The Bertz CT molecular complexity index is 817. The van der Waals surface area contributed by atoms with Crippen LogP contribution in [0.1, 0.15) is 10.4 Å². The molecule has 8 nitrogen and oxygen atoms in total. The number of piperazine rings is 1. The summed E-state index contributed by atoms with van der Waals surface area (Å²) in [4.78, 5) is 38.4. The molecule has 1 heterocycles. The fourth-order valence-electron chi connectivity index (χ4n) is 2.77. The Morgan fingerprint density at radius 1 is 0.923 bits per heavy atom. The molecule has 0 radical (unpaired) electrons. The van der Waals surface area contributed by atoms with E-state index in [2.05, 4.69) is 5.32 Å². The van der Waals surface area contributed by atoms with Crippen molar-refractivity contribution in [3.63, 3.8) is 0 Å². The zero-order valence-electron chi connectivity index (χ0n) is 14.0. The lowest BCUT2D eigenvalue weighted by molar-refractivity contribution is -0.384. The topological polar surface area (TPSA) is 95.8 Å². The van der Waals surface area contributed by atoms with E-state index < -0.39 is 4.92 Å². The average molecular weight is 354 g/mol. The van der Waals surface area contributed by atoms with E-state index in [4.69, 9.17) is 0 Å². The van der Waals surface area contributed by atoms with Crippen LogP contribution in [0.2, 0.25) is 0 Å². The molecular weight excluding hydrogens is 336 g/mol. The highest BCUT2D eigenvalue weighted by atomic mass is 16.6. The third-order valence-corrected chi connectivity index (χ3v) is 4.18. The first-order chi connectivity index (χ1) is 12.5. The largest absolute Gasteiger partial charge is 0.335 e. The molecule has 0 unspecified atom stereocenters.